The Morgan fingerprint density at radius 3 is 2.50 bits per heavy atom. The smallest absolute Gasteiger partial charge is 0.281 e. The van der Waals surface area contributed by atoms with Crippen LogP contribution in [0.1, 0.15) is 18.9 Å². The quantitative estimate of drug-likeness (QED) is 0.280. The third-order valence-electron chi connectivity index (χ3n) is 4.92. The lowest BCUT2D eigenvalue weighted by molar-refractivity contribution is -0.128. The lowest BCUT2D eigenvalue weighted by atomic mass is 10.1. The van der Waals surface area contributed by atoms with Crippen LogP contribution >= 0.6 is 15.9 Å². The molecule has 0 fully saturated rings. The van der Waals surface area contributed by atoms with E-state index in [0.717, 1.165) is 26.2 Å². The van der Waals surface area contributed by atoms with Crippen molar-refractivity contribution < 1.29 is 9.53 Å². The van der Waals surface area contributed by atoms with Crippen molar-refractivity contribution in [3.8, 4) is 5.75 Å². The van der Waals surface area contributed by atoms with Gasteiger partial charge in [-0.15, -0.1) is 0 Å². The van der Waals surface area contributed by atoms with Gasteiger partial charge in [0.2, 0.25) is 0 Å². The van der Waals surface area contributed by atoms with Crippen LogP contribution in [0.3, 0.4) is 0 Å². The van der Waals surface area contributed by atoms with Crippen LogP contribution < -0.4 is 10.2 Å². The van der Waals surface area contributed by atoms with Gasteiger partial charge >= 0.3 is 0 Å². The molecule has 1 atom stereocenters. The molecule has 0 aromatic heterocycles. The molecule has 1 N–H and O–H groups in total. The third kappa shape index (κ3) is 4.36. The van der Waals surface area contributed by atoms with E-state index in [1.54, 1.807) is 6.21 Å². The van der Waals surface area contributed by atoms with Gasteiger partial charge in [-0.25, -0.2) is 5.43 Å². The first-order chi connectivity index (χ1) is 14.7. The number of benzene rings is 4. The molecular formula is C25H21BrN2O2. The molecule has 0 radical (unpaired) electrons. The molecular weight excluding hydrogens is 440 g/mol. The molecule has 4 aromatic rings. The van der Waals surface area contributed by atoms with Crippen LogP contribution in [0.15, 0.2) is 88.4 Å². The second-order valence-corrected chi connectivity index (χ2v) is 7.75. The standard InChI is InChI=1S/C25H21BrN2O2/c1-2-22(30-23-14-13-19-8-5-6-10-21(19)24(23)26)25(29)28-27-16-17-11-12-18-7-3-4-9-20(18)15-17/h3-16,22H,2H2,1H3,(H,28,29). The molecule has 0 aliphatic carbocycles. The molecule has 4 nitrogen and oxygen atoms in total. The van der Waals surface area contributed by atoms with Crippen molar-refractivity contribution in [3.05, 3.63) is 88.9 Å². The Balaban J connectivity index is 1.45. The predicted molar refractivity (Wildman–Crippen MR) is 126 cm³/mol. The highest BCUT2D eigenvalue weighted by Gasteiger charge is 2.19. The van der Waals surface area contributed by atoms with Gasteiger partial charge in [0.1, 0.15) is 5.75 Å². The first-order valence-corrected chi connectivity index (χ1v) is 10.6. The summed E-state index contributed by atoms with van der Waals surface area (Å²) in [6, 6.07) is 26.0. The number of carbonyl (C=O) groups is 1. The molecule has 5 heteroatoms. The monoisotopic (exact) mass is 460 g/mol. The summed E-state index contributed by atoms with van der Waals surface area (Å²) in [5, 5.41) is 8.56. The van der Waals surface area contributed by atoms with E-state index in [4.69, 9.17) is 4.74 Å². The fraction of sp³-hybridized carbons (Fsp3) is 0.120. The van der Waals surface area contributed by atoms with Crippen molar-refractivity contribution in [2.75, 3.05) is 0 Å². The zero-order valence-corrected chi connectivity index (χ0v) is 18.1. The van der Waals surface area contributed by atoms with Crippen LogP contribution in [0, 0.1) is 0 Å². The van der Waals surface area contributed by atoms with Crippen LogP contribution in [0.4, 0.5) is 0 Å². The number of hydrogen-bond acceptors (Lipinski definition) is 3. The molecule has 1 amide bonds. The molecule has 0 saturated heterocycles. The van der Waals surface area contributed by atoms with E-state index in [-0.39, 0.29) is 5.91 Å². The van der Waals surface area contributed by atoms with Crippen LogP contribution in [0.5, 0.6) is 5.75 Å². The van der Waals surface area contributed by atoms with Gasteiger partial charge in [0.25, 0.3) is 5.91 Å². The zero-order chi connectivity index (χ0) is 20.9. The topological polar surface area (TPSA) is 50.7 Å². The number of amides is 1. The van der Waals surface area contributed by atoms with Gasteiger partial charge < -0.3 is 4.74 Å². The average Bonchev–Trinajstić information content (AvgIpc) is 2.78. The summed E-state index contributed by atoms with van der Waals surface area (Å²) in [6.45, 7) is 1.91. The summed E-state index contributed by atoms with van der Waals surface area (Å²) in [5.74, 6) is 0.351. The predicted octanol–water partition coefficient (Wildman–Crippen LogP) is 6.06. The minimum Gasteiger partial charge on any atom is -0.479 e. The first kappa shape index (κ1) is 20.1. The number of rotatable bonds is 6. The molecule has 4 aromatic carbocycles. The lowest BCUT2D eigenvalue weighted by Crippen LogP contribution is -2.35. The second-order valence-electron chi connectivity index (χ2n) is 6.95. The Labute approximate surface area is 183 Å². The number of hydrazone groups is 1. The summed E-state index contributed by atoms with van der Waals surface area (Å²) in [5.41, 5.74) is 3.51. The van der Waals surface area contributed by atoms with E-state index in [0.29, 0.717) is 12.2 Å². The van der Waals surface area contributed by atoms with Crippen molar-refractivity contribution in [3.63, 3.8) is 0 Å². The first-order valence-electron chi connectivity index (χ1n) is 9.81. The highest BCUT2D eigenvalue weighted by atomic mass is 79.9. The van der Waals surface area contributed by atoms with Crippen LogP contribution in [-0.4, -0.2) is 18.2 Å². The minimum absolute atomic E-state index is 0.283. The summed E-state index contributed by atoms with van der Waals surface area (Å²) in [7, 11) is 0. The maximum absolute atomic E-state index is 12.6. The molecule has 0 aliphatic heterocycles. The van der Waals surface area contributed by atoms with E-state index in [2.05, 4.69) is 32.5 Å². The van der Waals surface area contributed by atoms with Crippen LogP contribution in [0.25, 0.3) is 21.5 Å². The van der Waals surface area contributed by atoms with Crippen LogP contribution in [-0.2, 0) is 4.79 Å². The molecule has 0 aliphatic rings. The van der Waals surface area contributed by atoms with Gasteiger partial charge in [-0.1, -0.05) is 73.7 Å². The molecule has 150 valence electrons. The summed E-state index contributed by atoms with van der Waals surface area (Å²) in [6.07, 6.45) is 1.52. The lowest BCUT2D eigenvalue weighted by Gasteiger charge is -2.17. The molecule has 0 saturated carbocycles. The average molecular weight is 461 g/mol. The molecule has 4 rings (SSSR count). The number of nitrogens with one attached hydrogen (secondary N) is 1. The molecule has 1 unspecified atom stereocenters. The largest absolute Gasteiger partial charge is 0.479 e. The van der Waals surface area contributed by atoms with Crippen molar-refractivity contribution in [1.29, 1.82) is 0 Å². The third-order valence-corrected chi connectivity index (χ3v) is 5.74. The summed E-state index contributed by atoms with van der Waals surface area (Å²) >= 11 is 3.61. The number of halogens is 1. The summed E-state index contributed by atoms with van der Waals surface area (Å²) in [4.78, 5) is 12.6. The maximum atomic E-state index is 12.6. The molecule has 30 heavy (non-hydrogen) atoms. The Morgan fingerprint density at radius 1 is 1.00 bits per heavy atom. The van der Waals surface area contributed by atoms with E-state index in [9.17, 15) is 4.79 Å². The molecule has 0 spiro atoms. The summed E-state index contributed by atoms with van der Waals surface area (Å²) < 4.78 is 6.83. The Hall–Kier alpha value is -3.18. The Morgan fingerprint density at radius 2 is 1.70 bits per heavy atom. The van der Waals surface area contributed by atoms with E-state index in [1.165, 1.54) is 5.39 Å². The maximum Gasteiger partial charge on any atom is 0.281 e. The van der Waals surface area contributed by atoms with Crippen molar-refractivity contribution in [2.24, 2.45) is 5.10 Å². The number of nitrogens with zero attached hydrogens (tertiary/aromatic N) is 1. The van der Waals surface area contributed by atoms with E-state index >= 15 is 0 Å². The number of ether oxygens (including phenoxy) is 1. The van der Waals surface area contributed by atoms with Gasteiger partial charge in [0.05, 0.1) is 10.7 Å². The fourth-order valence-corrected chi connectivity index (χ4v) is 3.90. The minimum atomic E-state index is -0.642. The molecule has 0 heterocycles. The zero-order valence-electron chi connectivity index (χ0n) is 16.5. The van der Waals surface area contributed by atoms with Gasteiger partial charge in [-0.05, 0) is 61.6 Å². The number of carbonyl (C=O) groups excluding carboxylic acids is 1. The normalized spacial score (nSPS) is 12.3. The highest BCUT2D eigenvalue weighted by Crippen LogP contribution is 2.33. The number of hydrogen-bond donors (Lipinski definition) is 1. The second kappa shape index (κ2) is 9.09. The van der Waals surface area contributed by atoms with Gasteiger partial charge in [0, 0.05) is 0 Å². The van der Waals surface area contributed by atoms with Crippen LogP contribution in [0.2, 0.25) is 0 Å². The number of fused-ring (bicyclic) bond motifs is 2. The van der Waals surface area contributed by atoms with Gasteiger partial charge in [0.15, 0.2) is 6.10 Å². The van der Waals surface area contributed by atoms with Gasteiger partial charge in [-0.2, -0.15) is 5.10 Å². The molecule has 0 bridgehead atoms. The van der Waals surface area contributed by atoms with E-state index in [1.807, 2.05) is 79.7 Å². The Bertz CT molecular complexity index is 1240. The fourth-order valence-electron chi connectivity index (χ4n) is 3.31. The Kier molecular flexibility index (Phi) is 6.10. The van der Waals surface area contributed by atoms with Crippen molar-refractivity contribution in [2.45, 2.75) is 19.4 Å². The van der Waals surface area contributed by atoms with Crippen molar-refractivity contribution >= 4 is 49.6 Å². The van der Waals surface area contributed by atoms with Gasteiger partial charge in [-0.3, -0.25) is 4.79 Å². The van der Waals surface area contributed by atoms with E-state index < -0.39 is 6.10 Å². The highest BCUT2D eigenvalue weighted by molar-refractivity contribution is 9.10. The van der Waals surface area contributed by atoms with Crippen molar-refractivity contribution in [1.82, 2.24) is 5.43 Å². The SMILES string of the molecule is CCC(Oc1ccc2ccccc2c1Br)C(=O)NN=Cc1ccc2ccccc2c1.